The highest BCUT2D eigenvalue weighted by atomic mass is 16.2. The Labute approximate surface area is 131 Å². The van der Waals surface area contributed by atoms with Crippen LogP contribution >= 0.6 is 0 Å². The van der Waals surface area contributed by atoms with Crippen molar-refractivity contribution >= 4 is 6.03 Å². The Morgan fingerprint density at radius 2 is 2.09 bits per heavy atom. The van der Waals surface area contributed by atoms with Gasteiger partial charge in [-0.2, -0.15) is 0 Å². The highest BCUT2D eigenvalue weighted by molar-refractivity contribution is 5.77. The third-order valence-corrected chi connectivity index (χ3v) is 4.21. The van der Waals surface area contributed by atoms with Crippen LogP contribution in [0.4, 0.5) is 4.79 Å². The molecule has 0 aliphatic carbocycles. The smallest absolute Gasteiger partial charge is 0.312 e. The molecule has 3 rings (SSSR count). The minimum Gasteiger partial charge on any atom is -0.312 e. The van der Waals surface area contributed by atoms with Gasteiger partial charge in [0, 0.05) is 19.6 Å². The molecule has 2 aliphatic rings. The van der Waals surface area contributed by atoms with E-state index in [4.69, 9.17) is 6.42 Å². The molecule has 0 bridgehead atoms. The van der Waals surface area contributed by atoms with Crippen molar-refractivity contribution in [3.05, 3.63) is 47.5 Å². The van der Waals surface area contributed by atoms with Gasteiger partial charge in [0.1, 0.15) is 6.17 Å². The molecule has 2 heterocycles. The zero-order valence-corrected chi connectivity index (χ0v) is 12.7. The van der Waals surface area contributed by atoms with Crippen LogP contribution in [0.5, 0.6) is 0 Å². The molecule has 1 N–H and O–H groups in total. The molecule has 22 heavy (non-hydrogen) atoms. The molecule has 114 valence electrons. The fraction of sp³-hybridized carbons (Fsp3) is 0.389. The third kappa shape index (κ3) is 3.00. The lowest BCUT2D eigenvalue weighted by Gasteiger charge is -2.33. The Hall–Kier alpha value is -2.25. The predicted molar refractivity (Wildman–Crippen MR) is 87.1 cm³/mol. The maximum atomic E-state index is 12.5. The lowest BCUT2D eigenvalue weighted by molar-refractivity contribution is 0.176. The van der Waals surface area contributed by atoms with Crippen LogP contribution in [0.25, 0.3) is 0 Å². The lowest BCUT2D eigenvalue weighted by Crippen LogP contribution is -2.51. The van der Waals surface area contributed by atoms with Crippen LogP contribution < -0.4 is 5.32 Å². The van der Waals surface area contributed by atoms with E-state index >= 15 is 0 Å². The van der Waals surface area contributed by atoms with E-state index in [0.29, 0.717) is 13.1 Å². The van der Waals surface area contributed by atoms with Gasteiger partial charge >= 0.3 is 6.03 Å². The molecule has 0 spiro atoms. The van der Waals surface area contributed by atoms with Crippen LogP contribution in [0.2, 0.25) is 0 Å². The molecule has 0 saturated carbocycles. The number of rotatable bonds is 4. The number of urea groups is 1. The van der Waals surface area contributed by atoms with Crippen LogP contribution in [0.15, 0.2) is 42.0 Å². The van der Waals surface area contributed by atoms with Gasteiger partial charge in [0.25, 0.3) is 0 Å². The van der Waals surface area contributed by atoms with Crippen LogP contribution in [-0.4, -0.2) is 48.2 Å². The number of terminal acetylenes is 1. The topological polar surface area (TPSA) is 35.6 Å². The molecule has 1 saturated heterocycles. The lowest BCUT2D eigenvalue weighted by atomic mass is 9.98. The largest absolute Gasteiger partial charge is 0.322 e. The summed E-state index contributed by atoms with van der Waals surface area (Å²) in [7, 11) is 0. The Kier molecular flexibility index (Phi) is 4.45. The Bertz CT molecular complexity index is 603. The van der Waals surface area contributed by atoms with Crippen LogP contribution in [0.3, 0.4) is 0 Å². The van der Waals surface area contributed by atoms with E-state index in [9.17, 15) is 4.79 Å². The summed E-state index contributed by atoms with van der Waals surface area (Å²) in [6, 6.07) is 10.4. The van der Waals surface area contributed by atoms with E-state index in [1.165, 1.54) is 11.1 Å². The molecular formula is C18H21N3O. The monoisotopic (exact) mass is 295 g/mol. The highest BCUT2D eigenvalue weighted by Gasteiger charge is 2.35. The Morgan fingerprint density at radius 3 is 2.86 bits per heavy atom. The standard InChI is InChI=1S/C18H21N3O/c1-2-11-20-12-13-21(18(20)22)17-16(9-6-10-19-17)14-15-7-4-3-5-8-15/h1,3-5,7-9,17,19H,6,10-14H2. The van der Waals surface area contributed by atoms with Gasteiger partial charge in [-0.05, 0) is 24.0 Å². The van der Waals surface area contributed by atoms with Gasteiger partial charge in [0.2, 0.25) is 0 Å². The molecule has 4 nitrogen and oxygen atoms in total. The number of carbonyl (C=O) groups is 1. The van der Waals surface area contributed by atoms with E-state index in [2.05, 4.69) is 41.6 Å². The zero-order valence-electron chi connectivity index (χ0n) is 12.7. The summed E-state index contributed by atoms with van der Waals surface area (Å²) in [6.45, 7) is 2.73. The number of hydrogen-bond acceptors (Lipinski definition) is 2. The molecule has 1 unspecified atom stereocenters. The van der Waals surface area contributed by atoms with Crippen molar-refractivity contribution < 1.29 is 4.79 Å². The molecule has 1 fully saturated rings. The molecular weight excluding hydrogens is 274 g/mol. The van der Waals surface area contributed by atoms with Crippen molar-refractivity contribution in [3.8, 4) is 12.3 Å². The molecule has 1 aromatic rings. The average molecular weight is 295 g/mol. The molecule has 2 amide bonds. The third-order valence-electron chi connectivity index (χ3n) is 4.21. The maximum Gasteiger partial charge on any atom is 0.322 e. The van der Waals surface area contributed by atoms with Gasteiger partial charge in [-0.3, -0.25) is 5.32 Å². The van der Waals surface area contributed by atoms with E-state index in [1.54, 1.807) is 4.90 Å². The molecule has 2 aliphatic heterocycles. The second-order valence-corrected chi connectivity index (χ2v) is 5.69. The van der Waals surface area contributed by atoms with Crippen molar-refractivity contribution in [1.29, 1.82) is 0 Å². The van der Waals surface area contributed by atoms with E-state index in [1.807, 2.05) is 11.0 Å². The second-order valence-electron chi connectivity index (χ2n) is 5.69. The van der Waals surface area contributed by atoms with Crippen molar-refractivity contribution in [2.45, 2.75) is 19.0 Å². The molecule has 0 aromatic heterocycles. The Morgan fingerprint density at radius 1 is 1.27 bits per heavy atom. The van der Waals surface area contributed by atoms with Crippen molar-refractivity contribution in [3.63, 3.8) is 0 Å². The minimum atomic E-state index is -0.00997. The molecule has 4 heteroatoms. The first-order chi connectivity index (χ1) is 10.8. The summed E-state index contributed by atoms with van der Waals surface area (Å²) in [5.74, 6) is 2.56. The van der Waals surface area contributed by atoms with Crippen LogP contribution in [-0.2, 0) is 6.42 Å². The van der Waals surface area contributed by atoms with Crippen molar-refractivity contribution in [1.82, 2.24) is 15.1 Å². The van der Waals surface area contributed by atoms with Gasteiger partial charge in [0.15, 0.2) is 0 Å². The first-order valence-corrected chi connectivity index (χ1v) is 7.75. The van der Waals surface area contributed by atoms with Crippen molar-refractivity contribution in [2.24, 2.45) is 0 Å². The number of carbonyl (C=O) groups excluding carboxylic acids is 1. The fourth-order valence-corrected chi connectivity index (χ4v) is 3.13. The number of benzene rings is 1. The summed E-state index contributed by atoms with van der Waals surface area (Å²) in [5.41, 5.74) is 2.54. The zero-order chi connectivity index (χ0) is 15.4. The van der Waals surface area contributed by atoms with E-state index < -0.39 is 0 Å². The summed E-state index contributed by atoms with van der Waals surface area (Å²) in [5, 5.41) is 3.48. The van der Waals surface area contributed by atoms with Gasteiger partial charge < -0.3 is 9.80 Å². The van der Waals surface area contributed by atoms with Gasteiger partial charge in [-0.25, -0.2) is 4.79 Å². The minimum absolute atomic E-state index is 0.00997. The summed E-state index contributed by atoms with van der Waals surface area (Å²) >= 11 is 0. The number of nitrogens with zero attached hydrogens (tertiary/aromatic N) is 2. The van der Waals surface area contributed by atoms with E-state index in [-0.39, 0.29) is 12.2 Å². The normalized spacial score (nSPS) is 21.7. The van der Waals surface area contributed by atoms with E-state index in [0.717, 1.165) is 25.9 Å². The highest BCUT2D eigenvalue weighted by Crippen LogP contribution is 2.22. The quantitative estimate of drug-likeness (QED) is 0.679. The number of hydrogen-bond donors (Lipinski definition) is 1. The summed E-state index contributed by atoms with van der Waals surface area (Å²) < 4.78 is 0. The fourth-order valence-electron chi connectivity index (χ4n) is 3.13. The van der Waals surface area contributed by atoms with Gasteiger partial charge in [-0.15, -0.1) is 6.42 Å². The first-order valence-electron chi connectivity index (χ1n) is 7.75. The second kappa shape index (κ2) is 6.67. The predicted octanol–water partition coefficient (Wildman–Crippen LogP) is 1.85. The molecule has 1 aromatic carbocycles. The number of amides is 2. The maximum absolute atomic E-state index is 12.5. The number of nitrogens with one attached hydrogen (secondary N) is 1. The molecule has 1 atom stereocenters. The molecule has 0 radical (unpaired) electrons. The Balaban J connectivity index is 1.75. The average Bonchev–Trinajstić information content (AvgIpc) is 2.90. The van der Waals surface area contributed by atoms with Crippen molar-refractivity contribution in [2.75, 3.05) is 26.2 Å². The SMILES string of the molecule is C#CCN1CCN(C2NCCC=C2Cc2ccccc2)C1=O. The summed E-state index contributed by atoms with van der Waals surface area (Å²) in [4.78, 5) is 16.1. The summed E-state index contributed by atoms with van der Waals surface area (Å²) in [6.07, 6.45) is 9.47. The first kappa shape index (κ1) is 14.7. The van der Waals surface area contributed by atoms with Crippen LogP contribution in [0.1, 0.15) is 12.0 Å². The van der Waals surface area contributed by atoms with Gasteiger partial charge in [0.05, 0.1) is 6.54 Å². The van der Waals surface area contributed by atoms with Gasteiger partial charge in [-0.1, -0.05) is 42.3 Å². The van der Waals surface area contributed by atoms with Crippen LogP contribution in [0, 0.1) is 12.3 Å².